The molecule has 4 aromatic rings. The summed E-state index contributed by atoms with van der Waals surface area (Å²) in [5.41, 5.74) is 2.62. The van der Waals surface area contributed by atoms with Crippen LogP contribution in [-0.2, 0) is 16.8 Å². The molecule has 6 heteroatoms. The Bertz CT molecular complexity index is 1350. The number of H-pyrrole nitrogens is 1. The van der Waals surface area contributed by atoms with Gasteiger partial charge >= 0.3 is 0 Å². The molecule has 5 heterocycles. The zero-order valence-corrected chi connectivity index (χ0v) is 14.6. The number of para-hydroxylation sites is 2. The van der Waals surface area contributed by atoms with Gasteiger partial charge in [-0.1, -0.05) is 30.3 Å². The predicted octanol–water partition coefficient (Wildman–Crippen LogP) is 2.37. The molecule has 0 aliphatic carbocycles. The van der Waals surface area contributed by atoms with Crippen LogP contribution in [0.15, 0.2) is 53.3 Å². The van der Waals surface area contributed by atoms with Gasteiger partial charge in [-0.15, -0.1) is 0 Å². The normalized spacial score (nSPS) is 23.1. The van der Waals surface area contributed by atoms with Gasteiger partial charge in [0.1, 0.15) is 17.4 Å². The third-order valence-corrected chi connectivity index (χ3v) is 5.95. The fraction of sp³-hybridized carbons (Fsp3) is 0.190. The molecule has 0 spiro atoms. The van der Waals surface area contributed by atoms with Crippen LogP contribution in [0.5, 0.6) is 0 Å². The Balaban J connectivity index is 1.79. The molecule has 2 N–H and O–H groups in total. The van der Waals surface area contributed by atoms with Crippen molar-refractivity contribution in [3.8, 4) is 0 Å². The standard InChI is InChI=1S/C21H16N4O2/c1-21-17-13(11-6-2-4-8-14(11)22-17)10-16(18(26)24-21)25-19(27)12-7-3-5-9-15(12)23-20(21)25/h2-9,16,22H,10H2,1H3,(H,24,26). The van der Waals surface area contributed by atoms with E-state index in [1.54, 1.807) is 10.6 Å². The zero-order chi connectivity index (χ0) is 18.3. The Morgan fingerprint density at radius 1 is 1.07 bits per heavy atom. The first-order chi connectivity index (χ1) is 13.1. The highest BCUT2D eigenvalue weighted by molar-refractivity contribution is 5.91. The number of aromatic amines is 1. The Hall–Kier alpha value is -3.41. The predicted molar refractivity (Wildman–Crippen MR) is 102 cm³/mol. The highest BCUT2D eigenvalue weighted by Crippen LogP contribution is 2.43. The van der Waals surface area contributed by atoms with Crippen molar-refractivity contribution in [1.82, 2.24) is 19.9 Å². The summed E-state index contributed by atoms with van der Waals surface area (Å²) in [5, 5.41) is 4.76. The molecule has 0 radical (unpaired) electrons. The Morgan fingerprint density at radius 2 is 1.81 bits per heavy atom. The number of carbonyl (C=O) groups excluding carboxylic acids is 1. The van der Waals surface area contributed by atoms with E-state index in [4.69, 9.17) is 4.98 Å². The molecule has 27 heavy (non-hydrogen) atoms. The molecule has 2 atom stereocenters. The van der Waals surface area contributed by atoms with Gasteiger partial charge in [0.25, 0.3) is 5.56 Å². The topological polar surface area (TPSA) is 79.8 Å². The van der Waals surface area contributed by atoms with Crippen molar-refractivity contribution >= 4 is 27.7 Å². The van der Waals surface area contributed by atoms with Crippen molar-refractivity contribution in [1.29, 1.82) is 0 Å². The van der Waals surface area contributed by atoms with Crippen molar-refractivity contribution in [3.05, 3.63) is 76.0 Å². The van der Waals surface area contributed by atoms with Gasteiger partial charge in [0, 0.05) is 17.3 Å². The molecule has 2 bridgehead atoms. The number of nitrogens with one attached hydrogen (secondary N) is 2. The summed E-state index contributed by atoms with van der Waals surface area (Å²) in [6, 6.07) is 14.8. The van der Waals surface area contributed by atoms with Gasteiger partial charge in [-0.3, -0.25) is 14.2 Å². The van der Waals surface area contributed by atoms with E-state index in [-0.39, 0.29) is 11.5 Å². The fourth-order valence-corrected chi connectivity index (χ4v) is 4.68. The molecule has 2 aromatic heterocycles. The number of hydrogen-bond acceptors (Lipinski definition) is 3. The van der Waals surface area contributed by atoms with E-state index in [9.17, 15) is 9.59 Å². The van der Waals surface area contributed by atoms with Crippen LogP contribution >= 0.6 is 0 Å². The Kier molecular flexibility index (Phi) is 2.54. The monoisotopic (exact) mass is 356 g/mol. The lowest BCUT2D eigenvalue weighted by molar-refractivity contribution is -0.127. The van der Waals surface area contributed by atoms with E-state index in [1.807, 2.05) is 43.3 Å². The number of rotatable bonds is 0. The minimum Gasteiger partial charge on any atom is -0.356 e. The van der Waals surface area contributed by atoms with E-state index in [1.165, 1.54) is 0 Å². The van der Waals surface area contributed by atoms with E-state index in [0.717, 1.165) is 22.2 Å². The lowest BCUT2D eigenvalue weighted by Gasteiger charge is -2.36. The largest absolute Gasteiger partial charge is 0.356 e. The maximum absolute atomic E-state index is 13.3. The highest BCUT2D eigenvalue weighted by atomic mass is 16.2. The lowest BCUT2D eigenvalue weighted by Crippen LogP contribution is -2.55. The molecule has 7 rings (SSSR count). The molecular formula is C21H16N4O2. The summed E-state index contributed by atoms with van der Waals surface area (Å²) in [6.45, 7) is 1.92. The van der Waals surface area contributed by atoms with Crippen LogP contribution in [0.4, 0.5) is 0 Å². The van der Waals surface area contributed by atoms with Crippen molar-refractivity contribution in [3.63, 3.8) is 0 Å². The molecule has 2 unspecified atom stereocenters. The minimum absolute atomic E-state index is 0.141. The van der Waals surface area contributed by atoms with Crippen molar-refractivity contribution in [2.45, 2.75) is 24.9 Å². The van der Waals surface area contributed by atoms with Gasteiger partial charge in [0.2, 0.25) is 5.91 Å². The van der Waals surface area contributed by atoms with Crippen LogP contribution in [0.25, 0.3) is 21.8 Å². The number of benzene rings is 2. The molecule has 2 aromatic carbocycles. The lowest BCUT2D eigenvalue weighted by atomic mass is 9.93. The smallest absolute Gasteiger partial charge is 0.262 e. The third-order valence-electron chi connectivity index (χ3n) is 5.95. The van der Waals surface area contributed by atoms with Crippen LogP contribution in [0, 0.1) is 0 Å². The summed E-state index contributed by atoms with van der Waals surface area (Å²) < 4.78 is 1.60. The molecular weight excluding hydrogens is 340 g/mol. The van der Waals surface area contributed by atoms with Crippen LogP contribution in [0.3, 0.4) is 0 Å². The van der Waals surface area contributed by atoms with E-state index in [0.29, 0.717) is 23.1 Å². The molecule has 0 fully saturated rings. The molecule has 3 aliphatic rings. The van der Waals surface area contributed by atoms with Crippen molar-refractivity contribution in [2.75, 3.05) is 0 Å². The molecule has 0 saturated carbocycles. The molecule has 132 valence electrons. The average molecular weight is 356 g/mol. The number of amides is 1. The van der Waals surface area contributed by atoms with Gasteiger partial charge in [0.15, 0.2) is 0 Å². The second-order valence-electron chi connectivity index (χ2n) is 7.49. The minimum atomic E-state index is -0.887. The fourth-order valence-electron chi connectivity index (χ4n) is 4.68. The number of hydrogen-bond donors (Lipinski definition) is 2. The quantitative estimate of drug-likeness (QED) is 0.508. The number of aromatic nitrogens is 3. The highest BCUT2D eigenvalue weighted by Gasteiger charge is 2.49. The Labute approximate surface area is 153 Å². The number of carbonyl (C=O) groups is 1. The second kappa shape index (κ2) is 4.65. The summed E-state index contributed by atoms with van der Waals surface area (Å²) in [5.74, 6) is 0.443. The SMILES string of the molecule is CC12NC(=O)C(Cc3c1[nH]c1ccccc31)n1c2nc2ccccc2c1=O. The first-order valence-electron chi connectivity index (χ1n) is 9.02. The van der Waals surface area contributed by atoms with Gasteiger partial charge in [-0.25, -0.2) is 4.98 Å². The first kappa shape index (κ1) is 14.7. The van der Waals surface area contributed by atoms with Gasteiger partial charge in [-0.2, -0.15) is 0 Å². The first-order valence-corrected chi connectivity index (χ1v) is 9.02. The van der Waals surface area contributed by atoms with Crippen LogP contribution in [-0.4, -0.2) is 20.4 Å². The average Bonchev–Trinajstić information content (AvgIpc) is 2.96. The van der Waals surface area contributed by atoms with Gasteiger partial charge < -0.3 is 10.3 Å². The van der Waals surface area contributed by atoms with E-state index < -0.39 is 11.6 Å². The van der Waals surface area contributed by atoms with Crippen LogP contribution in [0.1, 0.15) is 30.0 Å². The summed E-state index contributed by atoms with van der Waals surface area (Å²) in [6.07, 6.45) is 0.466. The van der Waals surface area contributed by atoms with Crippen LogP contribution in [0.2, 0.25) is 0 Å². The maximum Gasteiger partial charge on any atom is 0.262 e. The van der Waals surface area contributed by atoms with Crippen molar-refractivity contribution < 1.29 is 4.79 Å². The molecule has 0 saturated heterocycles. The summed E-state index contributed by atoms with van der Waals surface area (Å²) in [4.78, 5) is 34.5. The maximum atomic E-state index is 13.3. The van der Waals surface area contributed by atoms with Gasteiger partial charge in [-0.05, 0) is 30.7 Å². The van der Waals surface area contributed by atoms with Crippen molar-refractivity contribution in [2.24, 2.45) is 0 Å². The number of nitrogens with zero attached hydrogens (tertiary/aromatic N) is 2. The van der Waals surface area contributed by atoms with Crippen LogP contribution < -0.4 is 10.9 Å². The van der Waals surface area contributed by atoms with E-state index >= 15 is 0 Å². The zero-order valence-electron chi connectivity index (χ0n) is 14.6. The Morgan fingerprint density at radius 3 is 2.67 bits per heavy atom. The third kappa shape index (κ3) is 1.68. The second-order valence-corrected chi connectivity index (χ2v) is 7.49. The molecule has 3 aliphatic heterocycles. The van der Waals surface area contributed by atoms with Gasteiger partial charge in [0.05, 0.1) is 16.6 Å². The molecule has 6 nitrogen and oxygen atoms in total. The van der Waals surface area contributed by atoms with E-state index in [2.05, 4.69) is 16.4 Å². The number of fused-ring (bicyclic) bond motifs is 3. The molecule has 1 amide bonds. The summed E-state index contributed by atoms with van der Waals surface area (Å²) >= 11 is 0. The summed E-state index contributed by atoms with van der Waals surface area (Å²) in [7, 11) is 0.